The monoisotopic (exact) mass is 256 g/mol. The van der Waals surface area contributed by atoms with E-state index in [1.165, 1.54) is 6.07 Å². The normalized spacial score (nSPS) is 13.9. The van der Waals surface area contributed by atoms with E-state index >= 15 is 0 Å². The number of hydrogen-bond donors (Lipinski definition) is 2. The van der Waals surface area contributed by atoms with Crippen LogP contribution in [0, 0.1) is 12.8 Å². The summed E-state index contributed by atoms with van der Waals surface area (Å²) in [6.45, 7) is 7.55. The Bertz CT molecular complexity index is 495. The Morgan fingerprint density at radius 3 is 2.35 bits per heavy atom. The summed E-state index contributed by atoms with van der Waals surface area (Å²) in [4.78, 5) is 0.255. The van der Waals surface area contributed by atoms with Gasteiger partial charge in [-0.15, -0.1) is 0 Å². The lowest BCUT2D eigenvalue weighted by Crippen LogP contribution is -2.36. The van der Waals surface area contributed by atoms with Crippen molar-refractivity contribution >= 4 is 15.7 Å². The maximum Gasteiger partial charge on any atom is 0.241 e. The van der Waals surface area contributed by atoms with E-state index in [0.29, 0.717) is 11.3 Å². The second kappa shape index (κ2) is 5.06. The zero-order valence-electron chi connectivity index (χ0n) is 10.7. The van der Waals surface area contributed by atoms with Crippen LogP contribution in [-0.4, -0.2) is 14.5 Å². The Morgan fingerprint density at radius 1 is 1.24 bits per heavy atom. The lowest BCUT2D eigenvalue weighted by atomic mass is 10.1. The Hall–Kier alpha value is -1.07. The molecule has 17 heavy (non-hydrogen) atoms. The summed E-state index contributed by atoms with van der Waals surface area (Å²) < 4.78 is 27.0. The molecule has 1 rings (SSSR count). The second-order valence-electron chi connectivity index (χ2n) is 4.68. The molecule has 1 unspecified atom stereocenters. The van der Waals surface area contributed by atoms with E-state index < -0.39 is 10.0 Å². The highest BCUT2D eigenvalue weighted by Gasteiger charge is 2.21. The van der Waals surface area contributed by atoms with Crippen LogP contribution in [-0.2, 0) is 10.0 Å². The quantitative estimate of drug-likeness (QED) is 0.808. The number of anilines is 1. The molecule has 0 fully saturated rings. The molecular weight excluding hydrogens is 236 g/mol. The van der Waals surface area contributed by atoms with Crippen molar-refractivity contribution in [1.29, 1.82) is 0 Å². The fourth-order valence-electron chi connectivity index (χ4n) is 1.35. The molecule has 0 aliphatic heterocycles. The van der Waals surface area contributed by atoms with Gasteiger partial charge < -0.3 is 5.73 Å². The van der Waals surface area contributed by atoms with Gasteiger partial charge in [-0.2, -0.15) is 0 Å². The molecule has 0 radical (unpaired) electrons. The molecular formula is C12H20N2O2S. The van der Waals surface area contributed by atoms with Crippen LogP contribution in [0.1, 0.15) is 26.3 Å². The van der Waals surface area contributed by atoms with Gasteiger partial charge in [0.1, 0.15) is 0 Å². The fourth-order valence-corrected chi connectivity index (χ4v) is 3.02. The van der Waals surface area contributed by atoms with Gasteiger partial charge >= 0.3 is 0 Å². The minimum absolute atomic E-state index is 0.110. The van der Waals surface area contributed by atoms with Gasteiger partial charge in [-0.1, -0.05) is 19.9 Å². The van der Waals surface area contributed by atoms with E-state index in [-0.39, 0.29) is 16.9 Å². The highest BCUT2D eigenvalue weighted by Crippen LogP contribution is 2.19. The van der Waals surface area contributed by atoms with Crippen LogP contribution in [0.25, 0.3) is 0 Å². The maximum atomic E-state index is 12.2. The molecule has 1 aromatic rings. The zero-order chi connectivity index (χ0) is 13.2. The summed E-state index contributed by atoms with van der Waals surface area (Å²) in [5.74, 6) is 0.242. The van der Waals surface area contributed by atoms with Crippen molar-refractivity contribution in [2.75, 3.05) is 5.73 Å². The predicted molar refractivity (Wildman–Crippen MR) is 70.2 cm³/mol. The third kappa shape index (κ3) is 3.44. The first-order valence-corrected chi connectivity index (χ1v) is 7.11. The summed E-state index contributed by atoms with van der Waals surface area (Å²) in [5.41, 5.74) is 6.77. The predicted octanol–water partition coefficient (Wildman–Crippen LogP) is 1.90. The number of nitrogens with two attached hydrogens (primary N) is 1. The molecule has 0 saturated carbocycles. The smallest absolute Gasteiger partial charge is 0.241 e. The van der Waals surface area contributed by atoms with Gasteiger partial charge in [-0.3, -0.25) is 0 Å². The maximum absolute atomic E-state index is 12.2. The average Bonchev–Trinajstić information content (AvgIpc) is 2.20. The standard InChI is InChI=1S/C12H20N2O2S/c1-8(2)10(4)14-17(15,16)12-7-11(13)6-5-9(12)3/h5-8,10,14H,13H2,1-4H3. The molecule has 0 aliphatic carbocycles. The summed E-state index contributed by atoms with van der Waals surface area (Å²) in [6, 6.07) is 4.79. The summed E-state index contributed by atoms with van der Waals surface area (Å²) in [7, 11) is -3.49. The van der Waals surface area contributed by atoms with Crippen LogP contribution in [0.15, 0.2) is 23.1 Å². The number of rotatable bonds is 4. The SMILES string of the molecule is Cc1ccc(N)cc1S(=O)(=O)NC(C)C(C)C. The molecule has 1 atom stereocenters. The first-order chi connectivity index (χ1) is 7.74. The Labute approximate surface area is 103 Å². The number of benzene rings is 1. The summed E-state index contributed by atoms with van der Waals surface area (Å²) >= 11 is 0. The molecule has 0 amide bonds. The van der Waals surface area contributed by atoms with E-state index in [0.717, 1.165) is 0 Å². The third-order valence-electron chi connectivity index (χ3n) is 2.84. The number of aryl methyl sites for hydroxylation is 1. The van der Waals surface area contributed by atoms with E-state index in [9.17, 15) is 8.42 Å². The molecule has 5 heteroatoms. The van der Waals surface area contributed by atoms with Crippen molar-refractivity contribution in [3.05, 3.63) is 23.8 Å². The highest BCUT2D eigenvalue weighted by molar-refractivity contribution is 7.89. The third-order valence-corrected chi connectivity index (χ3v) is 4.54. The average molecular weight is 256 g/mol. The number of nitrogen functional groups attached to an aromatic ring is 1. The van der Waals surface area contributed by atoms with Crippen LogP contribution in [0.3, 0.4) is 0 Å². The largest absolute Gasteiger partial charge is 0.399 e. The second-order valence-corrected chi connectivity index (χ2v) is 6.36. The molecule has 0 aromatic heterocycles. The van der Waals surface area contributed by atoms with Crippen molar-refractivity contribution in [2.24, 2.45) is 5.92 Å². The summed E-state index contributed by atoms with van der Waals surface area (Å²) in [5, 5.41) is 0. The Morgan fingerprint density at radius 2 is 1.82 bits per heavy atom. The first-order valence-electron chi connectivity index (χ1n) is 5.62. The zero-order valence-corrected chi connectivity index (χ0v) is 11.5. The lowest BCUT2D eigenvalue weighted by Gasteiger charge is -2.18. The van der Waals surface area contributed by atoms with Crippen molar-refractivity contribution in [1.82, 2.24) is 4.72 Å². The highest BCUT2D eigenvalue weighted by atomic mass is 32.2. The molecule has 96 valence electrons. The minimum atomic E-state index is -3.49. The van der Waals surface area contributed by atoms with Gasteiger partial charge in [-0.05, 0) is 37.5 Å². The van der Waals surface area contributed by atoms with Gasteiger partial charge in [-0.25, -0.2) is 13.1 Å². The van der Waals surface area contributed by atoms with Crippen LogP contribution in [0.2, 0.25) is 0 Å². The number of hydrogen-bond acceptors (Lipinski definition) is 3. The molecule has 0 heterocycles. The molecule has 3 N–H and O–H groups in total. The van der Waals surface area contributed by atoms with Crippen LogP contribution in [0.4, 0.5) is 5.69 Å². The summed E-state index contributed by atoms with van der Waals surface area (Å²) in [6.07, 6.45) is 0. The van der Waals surface area contributed by atoms with E-state index in [1.807, 2.05) is 20.8 Å². The van der Waals surface area contributed by atoms with Gasteiger partial charge in [0.25, 0.3) is 0 Å². The first kappa shape index (κ1) is 14.0. The van der Waals surface area contributed by atoms with Crippen LogP contribution < -0.4 is 10.5 Å². The number of nitrogens with one attached hydrogen (secondary N) is 1. The minimum Gasteiger partial charge on any atom is -0.399 e. The Balaban J connectivity index is 3.09. The van der Waals surface area contributed by atoms with Crippen molar-refractivity contribution in [2.45, 2.75) is 38.6 Å². The van der Waals surface area contributed by atoms with E-state index in [2.05, 4.69) is 4.72 Å². The molecule has 0 bridgehead atoms. The Kier molecular flexibility index (Phi) is 4.16. The van der Waals surface area contributed by atoms with Crippen LogP contribution >= 0.6 is 0 Å². The van der Waals surface area contributed by atoms with Crippen molar-refractivity contribution < 1.29 is 8.42 Å². The molecule has 4 nitrogen and oxygen atoms in total. The van der Waals surface area contributed by atoms with Gasteiger partial charge in [0.15, 0.2) is 0 Å². The van der Waals surface area contributed by atoms with Gasteiger partial charge in [0, 0.05) is 11.7 Å². The van der Waals surface area contributed by atoms with E-state index in [4.69, 9.17) is 5.73 Å². The molecule has 1 aromatic carbocycles. The molecule has 0 aliphatic rings. The van der Waals surface area contributed by atoms with E-state index in [1.54, 1.807) is 19.1 Å². The number of sulfonamides is 1. The van der Waals surface area contributed by atoms with Crippen molar-refractivity contribution in [3.8, 4) is 0 Å². The lowest BCUT2D eigenvalue weighted by molar-refractivity contribution is 0.476. The van der Waals surface area contributed by atoms with Crippen LogP contribution in [0.5, 0.6) is 0 Å². The topological polar surface area (TPSA) is 72.2 Å². The fraction of sp³-hybridized carbons (Fsp3) is 0.500. The van der Waals surface area contributed by atoms with Gasteiger partial charge in [0.2, 0.25) is 10.0 Å². The van der Waals surface area contributed by atoms with Gasteiger partial charge in [0.05, 0.1) is 4.90 Å². The van der Waals surface area contributed by atoms with Crippen molar-refractivity contribution in [3.63, 3.8) is 0 Å². The molecule has 0 saturated heterocycles. The molecule has 0 spiro atoms.